The summed E-state index contributed by atoms with van der Waals surface area (Å²) in [4.78, 5) is 39.7. The van der Waals surface area contributed by atoms with Gasteiger partial charge in [-0.1, -0.05) is 70.4 Å². The number of rotatable bonds is 12. The van der Waals surface area contributed by atoms with Crippen LogP contribution in [0.4, 0.5) is 0 Å². The third-order valence-electron chi connectivity index (χ3n) is 13.9. The van der Waals surface area contributed by atoms with Crippen LogP contribution in [0.3, 0.4) is 0 Å². The second kappa shape index (κ2) is 27.5. The lowest BCUT2D eigenvalue weighted by molar-refractivity contribution is -0.399. The molecule has 0 amide bonds. The minimum Gasteiger partial charge on any atom is -0.456 e. The molecule has 2 bridgehead atoms. The summed E-state index contributed by atoms with van der Waals surface area (Å²) in [5.41, 5.74) is 0.376. The monoisotopic (exact) mass is 1000 g/mol. The van der Waals surface area contributed by atoms with Gasteiger partial charge < -0.3 is 87.9 Å². The molecule has 5 fully saturated rings. The van der Waals surface area contributed by atoms with E-state index in [-0.39, 0.29) is 23.7 Å². The number of ether oxygens (including phenoxy) is 11. The molecular formula is C49H80O21. The van der Waals surface area contributed by atoms with Gasteiger partial charge in [-0.3, -0.25) is 4.79 Å². The second-order valence-corrected chi connectivity index (χ2v) is 19.2. The van der Waals surface area contributed by atoms with E-state index in [4.69, 9.17) is 52.1 Å². The van der Waals surface area contributed by atoms with Gasteiger partial charge >= 0.3 is 17.9 Å². The van der Waals surface area contributed by atoms with Crippen molar-refractivity contribution in [3.05, 3.63) is 23.3 Å². The van der Waals surface area contributed by atoms with Crippen LogP contribution in [0, 0.1) is 0 Å². The molecule has 0 aliphatic carbocycles. The Bertz CT molecular complexity index is 1710. The Labute approximate surface area is 410 Å². The standard InChI is InChI=1S/C49H80O21/c1-9-12-20-29-21-18-16-14-13-15-17-19-22-31(51)65-40-33(53)30(23-50)64-49(69-41-34(54)32(52)26(6)60-47(41)63-29)43(40)70-48-42(67-45(59)25(5)11-3)37(57)39(28(8)62-48)68-46-36(56)35(55)38(27(7)61-46)66-44(58)24(4)10-2/h10-11,26-30,32-43,46-50,52-57H,9,12-23H2,1-8H3. The number of hydrogen-bond acceptors (Lipinski definition) is 21. The highest BCUT2D eigenvalue weighted by atomic mass is 16.8. The van der Waals surface area contributed by atoms with E-state index in [1.807, 2.05) is 0 Å². The number of unbranched alkanes of at least 4 members (excludes halogenated alkanes) is 1. The Kier molecular flexibility index (Phi) is 22.9. The Balaban J connectivity index is 1.51. The minimum atomic E-state index is -1.86. The molecule has 5 heterocycles. The van der Waals surface area contributed by atoms with Crippen molar-refractivity contribution in [3.8, 4) is 0 Å². The molecule has 5 aliphatic heterocycles. The molecule has 0 spiro atoms. The number of esters is 3. The van der Waals surface area contributed by atoms with Crippen LogP contribution in [0.25, 0.3) is 0 Å². The summed E-state index contributed by atoms with van der Waals surface area (Å²) in [5, 5.41) is 79.6. The second-order valence-electron chi connectivity index (χ2n) is 19.2. The molecule has 5 aliphatic rings. The predicted molar refractivity (Wildman–Crippen MR) is 244 cm³/mol. The Morgan fingerprint density at radius 1 is 0.600 bits per heavy atom. The first kappa shape index (κ1) is 58.2. The summed E-state index contributed by atoms with van der Waals surface area (Å²) in [7, 11) is 0. The first-order valence-corrected chi connectivity index (χ1v) is 25.2. The molecule has 402 valence electrons. The zero-order valence-corrected chi connectivity index (χ0v) is 41.8. The van der Waals surface area contributed by atoms with Gasteiger partial charge in [-0.05, 0) is 67.7 Å². The molecule has 0 aromatic rings. The molecule has 70 heavy (non-hydrogen) atoms. The van der Waals surface area contributed by atoms with E-state index in [2.05, 4.69) is 6.92 Å². The lowest BCUT2D eigenvalue weighted by atomic mass is 9.95. The average molecular weight is 1010 g/mol. The zero-order valence-electron chi connectivity index (χ0n) is 41.8. The molecular weight excluding hydrogens is 925 g/mol. The highest BCUT2D eigenvalue weighted by Crippen LogP contribution is 2.38. The smallest absolute Gasteiger partial charge is 0.333 e. The van der Waals surface area contributed by atoms with Gasteiger partial charge in [-0.15, -0.1) is 0 Å². The summed E-state index contributed by atoms with van der Waals surface area (Å²) < 4.78 is 67.5. The average Bonchev–Trinajstić information content (AvgIpc) is 3.33. The maximum atomic E-state index is 13.6. The van der Waals surface area contributed by atoms with Gasteiger partial charge in [-0.25, -0.2) is 9.59 Å². The van der Waals surface area contributed by atoms with E-state index in [0.29, 0.717) is 19.3 Å². The van der Waals surface area contributed by atoms with Crippen molar-refractivity contribution in [1.29, 1.82) is 0 Å². The van der Waals surface area contributed by atoms with Crippen LogP contribution < -0.4 is 0 Å². The van der Waals surface area contributed by atoms with Gasteiger partial charge in [-0.2, -0.15) is 0 Å². The molecule has 5 saturated heterocycles. The molecule has 21 unspecified atom stereocenters. The van der Waals surface area contributed by atoms with E-state index >= 15 is 0 Å². The molecule has 0 aromatic carbocycles. The number of allylic oxidation sites excluding steroid dienone is 2. The van der Waals surface area contributed by atoms with Crippen LogP contribution >= 0.6 is 0 Å². The van der Waals surface area contributed by atoms with Crippen molar-refractivity contribution in [3.63, 3.8) is 0 Å². The number of hydrogen-bond donors (Lipinski definition) is 7. The van der Waals surface area contributed by atoms with E-state index in [0.717, 1.165) is 51.4 Å². The van der Waals surface area contributed by atoms with E-state index in [1.54, 1.807) is 20.8 Å². The summed E-state index contributed by atoms with van der Waals surface area (Å²) >= 11 is 0. The van der Waals surface area contributed by atoms with Crippen molar-refractivity contribution in [2.75, 3.05) is 6.61 Å². The van der Waals surface area contributed by atoms with Crippen molar-refractivity contribution < 1.29 is 102 Å². The van der Waals surface area contributed by atoms with Crippen LogP contribution in [0.1, 0.15) is 132 Å². The Morgan fingerprint density at radius 3 is 1.81 bits per heavy atom. The molecule has 21 atom stereocenters. The number of aliphatic hydroxyl groups excluding tert-OH is 7. The predicted octanol–water partition coefficient (Wildman–Crippen LogP) is 2.03. The third-order valence-corrected chi connectivity index (χ3v) is 13.9. The molecule has 0 aromatic heterocycles. The first-order chi connectivity index (χ1) is 33.3. The summed E-state index contributed by atoms with van der Waals surface area (Å²) in [5.74, 6) is -2.38. The van der Waals surface area contributed by atoms with Gasteiger partial charge in [0.25, 0.3) is 0 Å². The lowest BCUT2D eigenvalue weighted by Gasteiger charge is -2.50. The zero-order chi connectivity index (χ0) is 51.4. The Morgan fingerprint density at radius 2 is 1.19 bits per heavy atom. The fourth-order valence-corrected chi connectivity index (χ4v) is 9.16. The van der Waals surface area contributed by atoms with Crippen LogP contribution in [-0.4, -0.2) is 189 Å². The summed E-state index contributed by atoms with van der Waals surface area (Å²) in [6, 6.07) is 0. The molecule has 0 radical (unpaired) electrons. The normalized spacial score (nSPS) is 42.3. The van der Waals surface area contributed by atoms with E-state index in [9.17, 15) is 50.1 Å². The van der Waals surface area contributed by atoms with E-state index in [1.165, 1.54) is 39.8 Å². The third kappa shape index (κ3) is 14.7. The number of carbonyl (C=O) groups excluding carboxylic acids is 3. The molecule has 21 heteroatoms. The highest BCUT2D eigenvalue weighted by Gasteiger charge is 2.57. The molecule has 21 nitrogen and oxygen atoms in total. The maximum absolute atomic E-state index is 13.6. The van der Waals surface area contributed by atoms with Crippen LogP contribution in [0.5, 0.6) is 0 Å². The number of carbonyl (C=O) groups is 3. The fourth-order valence-electron chi connectivity index (χ4n) is 9.16. The number of fused-ring (bicyclic) bond motifs is 3. The van der Waals surface area contributed by atoms with Crippen molar-refractivity contribution >= 4 is 17.9 Å². The first-order valence-electron chi connectivity index (χ1n) is 25.2. The van der Waals surface area contributed by atoms with Crippen molar-refractivity contribution in [2.24, 2.45) is 0 Å². The van der Waals surface area contributed by atoms with Gasteiger partial charge in [0.05, 0.1) is 31.0 Å². The van der Waals surface area contributed by atoms with Gasteiger partial charge in [0.2, 0.25) is 0 Å². The van der Waals surface area contributed by atoms with Crippen molar-refractivity contribution in [1.82, 2.24) is 0 Å². The highest BCUT2D eigenvalue weighted by molar-refractivity contribution is 5.88. The van der Waals surface area contributed by atoms with Gasteiger partial charge in [0.15, 0.2) is 49.6 Å². The van der Waals surface area contributed by atoms with Gasteiger partial charge in [0, 0.05) is 17.6 Å². The topological polar surface area (TPSA) is 294 Å². The lowest BCUT2D eigenvalue weighted by Crippen LogP contribution is -2.68. The Hall–Kier alpha value is -2.71. The molecule has 0 saturated carbocycles. The fraction of sp³-hybridized carbons (Fsp3) is 0.857. The van der Waals surface area contributed by atoms with E-state index < -0.39 is 147 Å². The molecule has 7 N–H and O–H groups in total. The largest absolute Gasteiger partial charge is 0.456 e. The van der Waals surface area contributed by atoms with Crippen molar-refractivity contribution in [2.45, 2.75) is 261 Å². The summed E-state index contributed by atoms with van der Waals surface area (Å²) in [6.07, 6.45) is -19.4. The van der Waals surface area contributed by atoms with Crippen LogP contribution in [0.15, 0.2) is 23.3 Å². The molecule has 5 rings (SSSR count). The van der Waals surface area contributed by atoms with Gasteiger partial charge in [0.1, 0.15) is 54.9 Å². The quantitative estimate of drug-likeness (QED) is 0.0836. The maximum Gasteiger partial charge on any atom is 0.333 e. The van der Waals surface area contributed by atoms with Crippen LogP contribution in [-0.2, 0) is 66.5 Å². The SMILES string of the molecule is CC=C(C)C(=O)OC1C(C)OC(OC2C(C)OC(OC3C4OC(CO)C(O)C3OC(=O)CCCCCCCCCC(CCCC)OC3OC(C)C(O)C(O)C3O4)C(OC(=O)C(C)=CC)C2O)C(O)C1O. The summed E-state index contributed by atoms with van der Waals surface area (Å²) in [6.45, 7) is 12.0. The minimum absolute atomic E-state index is 0.0427. The van der Waals surface area contributed by atoms with Crippen LogP contribution in [0.2, 0.25) is 0 Å². The number of aliphatic hydroxyl groups is 7.